The summed E-state index contributed by atoms with van der Waals surface area (Å²) in [5.41, 5.74) is 3.22. The Hall–Kier alpha value is -1.35. The average molecular weight is 275 g/mol. The third kappa shape index (κ3) is 3.04. The van der Waals surface area contributed by atoms with Gasteiger partial charge in [-0.05, 0) is 52.6 Å². The highest BCUT2D eigenvalue weighted by Crippen LogP contribution is 2.34. The van der Waals surface area contributed by atoms with Crippen molar-refractivity contribution in [2.75, 3.05) is 13.1 Å². The molecule has 0 saturated carbocycles. The second-order valence-corrected chi connectivity index (χ2v) is 6.54. The summed E-state index contributed by atoms with van der Waals surface area (Å²) in [4.78, 5) is 13.8. The van der Waals surface area contributed by atoms with Crippen LogP contribution in [-0.2, 0) is 4.79 Å². The van der Waals surface area contributed by atoms with Crippen molar-refractivity contribution in [3.8, 4) is 0 Å². The van der Waals surface area contributed by atoms with E-state index in [9.17, 15) is 9.90 Å². The van der Waals surface area contributed by atoms with Crippen molar-refractivity contribution in [3.63, 3.8) is 0 Å². The first-order valence-electron chi connectivity index (χ1n) is 7.37. The fourth-order valence-electron chi connectivity index (χ4n) is 3.25. The molecule has 1 aliphatic heterocycles. The molecule has 2 atom stereocenters. The number of carbonyl (C=O) groups is 1. The van der Waals surface area contributed by atoms with Crippen LogP contribution < -0.4 is 0 Å². The van der Waals surface area contributed by atoms with E-state index in [1.165, 1.54) is 16.7 Å². The molecule has 20 heavy (non-hydrogen) atoms. The number of carboxylic acids is 1. The standard InChI is InChI=1S/C17H25NO2/c1-12-8-13(2)10-15(9-12)14(3)18-7-5-6-17(4,11-18)16(19)20/h8-10,14H,5-7,11H2,1-4H3,(H,19,20). The van der Waals surface area contributed by atoms with Gasteiger partial charge in [-0.3, -0.25) is 9.69 Å². The number of likely N-dealkylation sites (tertiary alicyclic amines) is 1. The van der Waals surface area contributed by atoms with Gasteiger partial charge in [-0.1, -0.05) is 29.3 Å². The molecule has 0 aliphatic carbocycles. The van der Waals surface area contributed by atoms with Crippen molar-refractivity contribution < 1.29 is 9.90 Å². The van der Waals surface area contributed by atoms with Crippen LogP contribution in [0.1, 0.15) is 49.4 Å². The Kier molecular flexibility index (Phi) is 4.19. The molecule has 1 aromatic rings. The molecule has 3 nitrogen and oxygen atoms in total. The van der Waals surface area contributed by atoms with Gasteiger partial charge in [-0.15, -0.1) is 0 Å². The van der Waals surface area contributed by atoms with Crippen molar-refractivity contribution in [1.29, 1.82) is 0 Å². The van der Waals surface area contributed by atoms with Crippen molar-refractivity contribution in [3.05, 3.63) is 34.9 Å². The van der Waals surface area contributed by atoms with Gasteiger partial charge in [0.2, 0.25) is 0 Å². The normalized spacial score (nSPS) is 25.4. The monoisotopic (exact) mass is 275 g/mol. The first-order chi connectivity index (χ1) is 9.32. The third-order valence-corrected chi connectivity index (χ3v) is 4.52. The van der Waals surface area contributed by atoms with Crippen LogP contribution in [0.15, 0.2) is 18.2 Å². The van der Waals surface area contributed by atoms with E-state index in [1.807, 2.05) is 6.92 Å². The van der Waals surface area contributed by atoms with E-state index in [0.29, 0.717) is 6.54 Å². The molecule has 2 unspecified atom stereocenters. The second kappa shape index (κ2) is 5.57. The smallest absolute Gasteiger partial charge is 0.310 e. The van der Waals surface area contributed by atoms with Gasteiger partial charge < -0.3 is 5.11 Å². The van der Waals surface area contributed by atoms with E-state index in [4.69, 9.17) is 0 Å². The van der Waals surface area contributed by atoms with Gasteiger partial charge in [-0.2, -0.15) is 0 Å². The Morgan fingerprint density at radius 3 is 2.45 bits per heavy atom. The molecule has 0 aromatic heterocycles. The Bertz CT molecular complexity index is 491. The summed E-state index contributed by atoms with van der Waals surface area (Å²) in [6.45, 7) is 9.90. The Morgan fingerprint density at radius 2 is 1.90 bits per heavy atom. The summed E-state index contributed by atoms with van der Waals surface area (Å²) in [5, 5.41) is 9.43. The lowest BCUT2D eigenvalue weighted by atomic mass is 9.81. The van der Waals surface area contributed by atoms with Crippen LogP contribution in [-0.4, -0.2) is 29.1 Å². The maximum Gasteiger partial charge on any atom is 0.310 e. The van der Waals surface area contributed by atoms with Gasteiger partial charge in [0.1, 0.15) is 0 Å². The highest BCUT2D eigenvalue weighted by Gasteiger charge is 2.39. The summed E-state index contributed by atoms with van der Waals surface area (Å²) in [6, 6.07) is 6.87. The van der Waals surface area contributed by atoms with Crippen molar-refractivity contribution in [2.24, 2.45) is 5.41 Å². The predicted molar refractivity (Wildman–Crippen MR) is 80.9 cm³/mol. The largest absolute Gasteiger partial charge is 0.481 e. The molecule has 0 amide bonds. The Morgan fingerprint density at radius 1 is 1.30 bits per heavy atom. The fraction of sp³-hybridized carbons (Fsp3) is 0.588. The van der Waals surface area contributed by atoms with Crippen LogP contribution in [0.5, 0.6) is 0 Å². The van der Waals surface area contributed by atoms with Crippen LogP contribution in [0.25, 0.3) is 0 Å². The summed E-state index contributed by atoms with van der Waals surface area (Å²) < 4.78 is 0. The first-order valence-corrected chi connectivity index (χ1v) is 7.37. The van der Waals surface area contributed by atoms with Crippen LogP contribution in [0.2, 0.25) is 0 Å². The maximum absolute atomic E-state index is 11.5. The van der Waals surface area contributed by atoms with E-state index >= 15 is 0 Å². The lowest BCUT2D eigenvalue weighted by Gasteiger charge is -2.41. The summed E-state index contributed by atoms with van der Waals surface area (Å²) in [6.07, 6.45) is 1.73. The average Bonchev–Trinajstić information content (AvgIpc) is 2.36. The van der Waals surface area contributed by atoms with E-state index in [0.717, 1.165) is 19.4 Å². The molecule has 1 aliphatic rings. The van der Waals surface area contributed by atoms with Crippen LogP contribution >= 0.6 is 0 Å². The second-order valence-electron chi connectivity index (χ2n) is 6.54. The molecule has 3 heteroatoms. The third-order valence-electron chi connectivity index (χ3n) is 4.52. The number of hydrogen-bond acceptors (Lipinski definition) is 2. The molecule has 110 valence electrons. The number of aliphatic carboxylic acids is 1. The van der Waals surface area contributed by atoms with Crippen molar-refractivity contribution in [2.45, 2.75) is 46.6 Å². The van der Waals surface area contributed by atoms with E-state index < -0.39 is 11.4 Å². The zero-order valence-corrected chi connectivity index (χ0v) is 12.9. The SMILES string of the molecule is Cc1cc(C)cc(C(C)N2CCCC(C)(C(=O)O)C2)c1. The zero-order chi connectivity index (χ0) is 14.9. The molecular formula is C17H25NO2. The molecule has 0 spiro atoms. The number of benzene rings is 1. The lowest BCUT2D eigenvalue weighted by molar-refractivity contribution is -0.151. The Balaban J connectivity index is 2.20. The molecule has 0 radical (unpaired) electrons. The molecule has 1 heterocycles. The fourth-order valence-corrected chi connectivity index (χ4v) is 3.25. The maximum atomic E-state index is 11.5. The predicted octanol–water partition coefficient (Wildman–Crippen LogP) is 3.55. The van der Waals surface area contributed by atoms with Crippen LogP contribution in [0.4, 0.5) is 0 Å². The van der Waals surface area contributed by atoms with Crippen LogP contribution in [0, 0.1) is 19.3 Å². The molecule has 1 fully saturated rings. The van der Waals surface area contributed by atoms with E-state index in [2.05, 4.69) is 43.9 Å². The first kappa shape index (κ1) is 15.0. The van der Waals surface area contributed by atoms with E-state index in [1.54, 1.807) is 0 Å². The number of aryl methyl sites for hydroxylation is 2. The highest BCUT2D eigenvalue weighted by atomic mass is 16.4. The minimum atomic E-state index is -0.671. The van der Waals surface area contributed by atoms with Crippen molar-refractivity contribution in [1.82, 2.24) is 4.90 Å². The minimum Gasteiger partial charge on any atom is -0.481 e. The van der Waals surface area contributed by atoms with Crippen LogP contribution in [0.3, 0.4) is 0 Å². The van der Waals surface area contributed by atoms with Gasteiger partial charge in [0.15, 0.2) is 0 Å². The molecule has 2 rings (SSSR count). The molecule has 0 bridgehead atoms. The topological polar surface area (TPSA) is 40.5 Å². The zero-order valence-electron chi connectivity index (χ0n) is 12.9. The molecule has 1 N–H and O–H groups in total. The Labute approximate surface area is 121 Å². The minimum absolute atomic E-state index is 0.271. The lowest BCUT2D eigenvalue weighted by Crippen LogP contribution is -2.46. The van der Waals surface area contributed by atoms with Gasteiger partial charge >= 0.3 is 5.97 Å². The number of piperidine rings is 1. The summed E-state index contributed by atoms with van der Waals surface area (Å²) in [5.74, 6) is -0.671. The number of nitrogens with zero attached hydrogens (tertiary/aromatic N) is 1. The number of hydrogen-bond donors (Lipinski definition) is 1. The molecule has 1 saturated heterocycles. The summed E-state index contributed by atoms with van der Waals surface area (Å²) >= 11 is 0. The van der Waals surface area contributed by atoms with E-state index in [-0.39, 0.29) is 6.04 Å². The van der Waals surface area contributed by atoms with Gasteiger partial charge in [-0.25, -0.2) is 0 Å². The van der Waals surface area contributed by atoms with Gasteiger partial charge in [0.25, 0.3) is 0 Å². The highest BCUT2D eigenvalue weighted by molar-refractivity contribution is 5.74. The number of carboxylic acid groups (broad SMARTS) is 1. The number of rotatable bonds is 3. The molecule has 1 aromatic carbocycles. The van der Waals surface area contributed by atoms with Crippen molar-refractivity contribution >= 4 is 5.97 Å². The molecular weight excluding hydrogens is 250 g/mol. The quantitative estimate of drug-likeness (QED) is 0.917. The summed E-state index contributed by atoms with van der Waals surface area (Å²) in [7, 11) is 0. The van der Waals surface area contributed by atoms with Gasteiger partial charge in [0.05, 0.1) is 5.41 Å². The van der Waals surface area contributed by atoms with Gasteiger partial charge in [0, 0.05) is 12.6 Å².